The van der Waals surface area contributed by atoms with Crippen LogP contribution in [0.15, 0.2) is 18.2 Å². The third-order valence-corrected chi connectivity index (χ3v) is 5.76. The summed E-state index contributed by atoms with van der Waals surface area (Å²) in [6.07, 6.45) is 3.80. The Morgan fingerprint density at radius 2 is 2.11 bits per heavy atom. The fraction of sp³-hybridized carbons (Fsp3) is 0.533. The fourth-order valence-electron chi connectivity index (χ4n) is 2.83. The molecular formula is C15H19ClN2S. The molecule has 1 aliphatic rings. The van der Waals surface area contributed by atoms with E-state index in [0.717, 1.165) is 32.2 Å². The number of nitrogens with one attached hydrogen (secondary N) is 1. The molecular weight excluding hydrogens is 276 g/mol. The number of aromatic nitrogens is 1. The molecule has 0 amide bonds. The van der Waals surface area contributed by atoms with E-state index in [2.05, 4.69) is 24.1 Å². The first-order valence-corrected chi connectivity index (χ1v) is 8.14. The van der Waals surface area contributed by atoms with E-state index < -0.39 is 0 Å². The quantitative estimate of drug-likeness (QED) is 0.825. The molecule has 19 heavy (non-hydrogen) atoms. The summed E-state index contributed by atoms with van der Waals surface area (Å²) in [6.45, 7) is 4.71. The van der Waals surface area contributed by atoms with E-state index in [9.17, 15) is 0 Å². The summed E-state index contributed by atoms with van der Waals surface area (Å²) in [5.74, 6) is 1.65. The van der Waals surface area contributed by atoms with E-state index in [1.807, 2.05) is 18.2 Å². The fourth-order valence-corrected chi connectivity index (χ4v) is 4.06. The molecule has 4 heteroatoms. The van der Waals surface area contributed by atoms with Gasteiger partial charge in [-0.3, -0.25) is 0 Å². The molecule has 1 saturated carbocycles. The van der Waals surface area contributed by atoms with Crippen LogP contribution in [-0.4, -0.2) is 11.0 Å². The monoisotopic (exact) mass is 294 g/mol. The summed E-state index contributed by atoms with van der Waals surface area (Å²) in [5, 5.41) is 5.41. The van der Waals surface area contributed by atoms with Gasteiger partial charge in [0.25, 0.3) is 0 Å². The Morgan fingerprint density at radius 3 is 2.84 bits per heavy atom. The van der Waals surface area contributed by atoms with Gasteiger partial charge in [0.2, 0.25) is 0 Å². The zero-order chi connectivity index (χ0) is 13.4. The van der Waals surface area contributed by atoms with Gasteiger partial charge >= 0.3 is 0 Å². The SMILES string of the molecule is CC1CCC(Nc2nc3cccc(Cl)c3s2)CC1C. The molecule has 102 valence electrons. The average molecular weight is 295 g/mol. The van der Waals surface area contributed by atoms with Crippen LogP contribution >= 0.6 is 22.9 Å². The highest BCUT2D eigenvalue weighted by Crippen LogP contribution is 2.35. The van der Waals surface area contributed by atoms with Gasteiger partial charge in [0.15, 0.2) is 5.13 Å². The average Bonchev–Trinajstić information content (AvgIpc) is 2.78. The molecule has 0 radical (unpaired) electrons. The molecule has 2 nitrogen and oxygen atoms in total. The molecule has 1 aromatic heterocycles. The Kier molecular flexibility index (Phi) is 3.68. The summed E-state index contributed by atoms with van der Waals surface area (Å²) in [4.78, 5) is 4.63. The summed E-state index contributed by atoms with van der Waals surface area (Å²) < 4.78 is 1.09. The minimum absolute atomic E-state index is 0.561. The van der Waals surface area contributed by atoms with Crippen molar-refractivity contribution in [3.63, 3.8) is 0 Å². The Morgan fingerprint density at radius 1 is 1.26 bits per heavy atom. The van der Waals surface area contributed by atoms with Gasteiger partial charge in [-0.05, 0) is 43.2 Å². The maximum Gasteiger partial charge on any atom is 0.184 e. The van der Waals surface area contributed by atoms with E-state index in [-0.39, 0.29) is 0 Å². The molecule has 1 heterocycles. The molecule has 0 saturated heterocycles. The lowest BCUT2D eigenvalue weighted by molar-refractivity contribution is 0.261. The number of fused-ring (bicyclic) bond motifs is 1. The number of anilines is 1. The zero-order valence-electron chi connectivity index (χ0n) is 11.3. The van der Waals surface area contributed by atoms with Gasteiger partial charge in [0.05, 0.1) is 15.2 Å². The zero-order valence-corrected chi connectivity index (χ0v) is 12.9. The van der Waals surface area contributed by atoms with Gasteiger partial charge < -0.3 is 5.32 Å². The molecule has 1 aliphatic carbocycles. The second-order valence-electron chi connectivity index (χ2n) is 5.72. The van der Waals surface area contributed by atoms with Crippen LogP contribution in [0, 0.1) is 11.8 Å². The van der Waals surface area contributed by atoms with Gasteiger partial charge in [-0.2, -0.15) is 0 Å². The molecule has 3 atom stereocenters. The van der Waals surface area contributed by atoms with Crippen LogP contribution in [0.5, 0.6) is 0 Å². The number of halogens is 1. The Balaban J connectivity index is 1.77. The van der Waals surface area contributed by atoms with Crippen molar-refractivity contribution in [3.8, 4) is 0 Å². The lowest BCUT2D eigenvalue weighted by atomic mass is 9.79. The molecule has 1 N–H and O–H groups in total. The highest BCUT2D eigenvalue weighted by Gasteiger charge is 2.25. The molecule has 3 unspecified atom stereocenters. The predicted molar refractivity (Wildman–Crippen MR) is 84.2 cm³/mol. The van der Waals surface area contributed by atoms with Crippen LogP contribution in [0.2, 0.25) is 5.02 Å². The van der Waals surface area contributed by atoms with E-state index in [0.29, 0.717) is 6.04 Å². The number of rotatable bonds is 2. The first-order valence-electron chi connectivity index (χ1n) is 6.95. The van der Waals surface area contributed by atoms with E-state index >= 15 is 0 Å². The number of benzene rings is 1. The number of hydrogen-bond donors (Lipinski definition) is 1. The maximum absolute atomic E-state index is 6.20. The van der Waals surface area contributed by atoms with Gasteiger partial charge in [-0.1, -0.05) is 42.9 Å². The smallest absolute Gasteiger partial charge is 0.184 e. The molecule has 1 fully saturated rings. The Labute approximate surface area is 123 Å². The van der Waals surface area contributed by atoms with E-state index in [1.165, 1.54) is 19.3 Å². The van der Waals surface area contributed by atoms with Gasteiger partial charge in [-0.25, -0.2) is 4.98 Å². The predicted octanol–water partition coefficient (Wildman–Crippen LogP) is 5.19. The second-order valence-corrected chi connectivity index (χ2v) is 7.12. The first kappa shape index (κ1) is 13.2. The molecule has 0 spiro atoms. The third-order valence-electron chi connectivity index (χ3n) is 4.29. The number of hydrogen-bond acceptors (Lipinski definition) is 3. The van der Waals surface area contributed by atoms with Gasteiger partial charge in [0.1, 0.15) is 0 Å². The van der Waals surface area contributed by atoms with Crippen molar-refractivity contribution in [3.05, 3.63) is 23.2 Å². The van der Waals surface area contributed by atoms with Gasteiger partial charge in [-0.15, -0.1) is 0 Å². The maximum atomic E-state index is 6.20. The van der Waals surface area contributed by atoms with Crippen molar-refractivity contribution in [2.24, 2.45) is 11.8 Å². The first-order chi connectivity index (χ1) is 9.13. The lowest BCUT2D eigenvalue weighted by Crippen LogP contribution is -2.30. The van der Waals surface area contributed by atoms with Crippen molar-refractivity contribution < 1.29 is 0 Å². The highest BCUT2D eigenvalue weighted by molar-refractivity contribution is 7.22. The van der Waals surface area contributed by atoms with Crippen LogP contribution in [0.1, 0.15) is 33.1 Å². The lowest BCUT2D eigenvalue weighted by Gasteiger charge is -2.32. The molecule has 2 aromatic rings. The van der Waals surface area contributed by atoms with Crippen LogP contribution in [0.3, 0.4) is 0 Å². The third kappa shape index (κ3) is 2.72. The summed E-state index contributed by atoms with van der Waals surface area (Å²) >= 11 is 7.86. The Bertz CT molecular complexity index is 581. The minimum Gasteiger partial charge on any atom is -0.359 e. The second kappa shape index (κ2) is 5.29. The molecule has 3 rings (SSSR count). The van der Waals surface area contributed by atoms with E-state index in [4.69, 9.17) is 11.6 Å². The molecule has 0 bridgehead atoms. The van der Waals surface area contributed by atoms with Crippen molar-refractivity contribution in [2.45, 2.75) is 39.2 Å². The van der Waals surface area contributed by atoms with Gasteiger partial charge in [0, 0.05) is 6.04 Å². The summed E-state index contributed by atoms with van der Waals surface area (Å²) in [5.41, 5.74) is 0.997. The normalized spacial score (nSPS) is 27.6. The van der Waals surface area contributed by atoms with Crippen LogP contribution in [-0.2, 0) is 0 Å². The summed E-state index contributed by atoms with van der Waals surface area (Å²) in [7, 11) is 0. The molecule has 1 aromatic carbocycles. The van der Waals surface area contributed by atoms with Crippen molar-refractivity contribution in [1.29, 1.82) is 0 Å². The van der Waals surface area contributed by atoms with Crippen molar-refractivity contribution in [2.75, 3.05) is 5.32 Å². The van der Waals surface area contributed by atoms with Crippen LogP contribution in [0.4, 0.5) is 5.13 Å². The Hall–Kier alpha value is -0.800. The summed E-state index contributed by atoms with van der Waals surface area (Å²) in [6, 6.07) is 6.47. The van der Waals surface area contributed by atoms with Crippen LogP contribution in [0.25, 0.3) is 10.2 Å². The van der Waals surface area contributed by atoms with Crippen LogP contribution < -0.4 is 5.32 Å². The topological polar surface area (TPSA) is 24.9 Å². The van der Waals surface area contributed by atoms with Crippen molar-refractivity contribution >= 4 is 38.3 Å². The number of thiazole rings is 1. The standard InChI is InChI=1S/C15H19ClN2S/c1-9-6-7-11(8-10(9)2)17-15-18-13-5-3-4-12(16)14(13)19-15/h3-5,9-11H,6-8H2,1-2H3,(H,17,18). The largest absolute Gasteiger partial charge is 0.359 e. The van der Waals surface area contributed by atoms with Crippen molar-refractivity contribution in [1.82, 2.24) is 4.98 Å². The highest BCUT2D eigenvalue weighted by atomic mass is 35.5. The van der Waals surface area contributed by atoms with E-state index in [1.54, 1.807) is 11.3 Å². The molecule has 0 aliphatic heterocycles. The number of nitrogens with zero attached hydrogens (tertiary/aromatic N) is 1. The minimum atomic E-state index is 0.561.